The van der Waals surface area contributed by atoms with Crippen molar-refractivity contribution in [3.8, 4) is 11.5 Å². The molecular weight excluding hydrogens is 339 g/mol. The van der Waals surface area contributed by atoms with Crippen LogP contribution in [-0.4, -0.2) is 24.5 Å². The second-order valence-corrected chi connectivity index (χ2v) is 5.76. The number of hydrogen-bond acceptors (Lipinski definition) is 4. The average Bonchev–Trinajstić information content (AvgIpc) is 2.62. The lowest BCUT2D eigenvalue weighted by Crippen LogP contribution is -2.48. The van der Waals surface area contributed by atoms with Crippen LogP contribution >= 0.6 is 0 Å². The average molecular weight is 360 g/mol. The van der Waals surface area contributed by atoms with Crippen LogP contribution in [-0.2, 0) is 9.59 Å². The van der Waals surface area contributed by atoms with Gasteiger partial charge in [-0.15, -0.1) is 0 Å². The smallest absolute Gasteiger partial charge is 0.279 e. The molecule has 6 nitrogen and oxygen atoms in total. The number of amides is 2. The van der Waals surface area contributed by atoms with Crippen molar-refractivity contribution >= 4 is 11.8 Å². The van der Waals surface area contributed by atoms with Gasteiger partial charge in [0.2, 0.25) is 0 Å². The molecule has 0 bridgehead atoms. The zero-order chi connectivity index (χ0) is 19.1. The summed E-state index contributed by atoms with van der Waals surface area (Å²) >= 11 is 0. The molecule has 7 heteroatoms. The normalized spacial score (nSPS) is 11.4. The Labute approximate surface area is 151 Å². The Kier molecular flexibility index (Phi) is 6.54. The summed E-state index contributed by atoms with van der Waals surface area (Å²) in [6.07, 6.45) is -0.993. The van der Waals surface area contributed by atoms with E-state index in [1.165, 1.54) is 25.1 Å². The van der Waals surface area contributed by atoms with Crippen LogP contribution in [0.1, 0.15) is 18.1 Å². The van der Waals surface area contributed by atoms with Crippen molar-refractivity contribution in [1.29, 1.82) is 0 Å². The number of carbonyl (C=O) groups excluding carboxylic acids is 2. The highest BCUT2D eigenvalue weighted by Gasteiger charge is 2.17. The summed E-state index contributed by atoms with van der Waals surface area (Å²) in [7, 11) is 0. The topological polar surface area (TPSA) is 76.7 Å². The minimum Gasteiger partial charge on any atom is -0.484 e. The molecule has 2 aromatic carbocycles. The Hall–Kier alpha value is -3.09. The fourth-order valence-corrected chi connectivity index (χ4v) is 2.01. The Morgan fingerprint density at radius 2 is 1.81 bits per heavy atom. The molecular formula is C19H21FN2O4. The molecule has 2 aromatic rings. The molecule has 0 fully saturated rings. The Bertz CT molecular complexity index is 795. The zero-order valence-corrected chi connectivity index (χ0v) is 14.8. The Morgan fingerprint density at radius 1 is 1.08 bits per heavy atom. The first-order valence-electron chi connectivity index (χ1n) is 8.06. The monoisotopic (exact) mass is 360 g/mol. The Balaban J connectivity index is 1.76. The summed E-state index contributed by atoms with van der Waals surface area (Å²) in [6, 6.07) is 11.2. The first-order chi connectivity index (χ1) is 12.4. The molecule has 26 heavy (non-hydrogen) atoms. The highest BCUT2D eigenvalue weighted by molar-refractivity contribution is 5.85. The maximum Gasteiger partial charge on any atom is 0.279 e. The molecule has 2 rings (SSSR count). The number of hydrazine groups is 1. The molecule has 1 unspecified atom stereocenters. The molecule has 0 saturated carbocycles. The third-order valence-electron chi connectivity index (χ3n) is 3.68. The lowest BCUT2D eigenvalue weighted by atomic mass is 10.1. The van der Waals surface area contributed by atoms with Gasteiger partial charge in [0, 0.05) is 0 Å². The van der Waals surface area contributed by atoms with E-state index >= 15 is 0 Å². The van der Waals surface area contributed by atoms with Crippen molar-refractivity contribution in [1.82, 2.24) is 10.9 Å². The van der Waals surface area contributed by atoms with E-state index in [9.17, 15) is 14.0 Å². The number of rotatable bonds is 6. The number of ether oxygens (including phenoxy) is 2. The van der Waals surface area contributed by atoms with E-state index in [4.69, 9.17) is 9.47 Å². The van der Waals surface area contributed by atoms with Gasteiger partial charge in [0.25, 0.3) is 11.8 Å². The van der Waals surface area contributed by atoms with Crippen molar-refractivity contribution in [2.24, 2.45) is 0 Å². The van der Waals surface area contributed by atoms with E-state index in [1.807, 2.05) is 26.0 Å². The maximum absolute atomic E-state index is 13.5. The van der Waals surface area contributed by atoms with E-state index in [0.717, 1.165) is 11.1 Å². The standard InChI is InChI=1S/C19H21FN2O4/c1-12-8-9-15(10-13(12)2)25-11-18(23)21-22-19(24)14(3)26-17-7-5-4-6-16(17)20/h4-10,14H,11H2,1-3H3,(H,21,23)(H,22,24). The number of carbonyl (C=O) groups is 2. The zero-order valence-electron chi connectivity index (χ0n) is 14.8. The van der Waals surface area contributed by atoms with E-state index in [1.54, 1.807) is 12.1 Å². The van der Waals surface area contributed by atoms with E-state index < -0.39 is 23.7 Å². The Morgan fingerprint density at radius 3 is 2.50 bits per heavy atom. The number of halogens is 1. The first kappa shape index (κ1) is 19.2. The van der Waals surface area contributed by atoms with E-state index in [0.29, 0.717) is 5.75 Å². The van der Waals surface area contributed by atoms with Gasteiger partial charge in [0.1, 0.15) is 5.75 Å². The van der Waals surface area contributed by atoms with E-state index in [-0.39, 0.29) is 12.4 Å². The quantitative estimate of drug-likeness (QED) is 0.776. The SMILES string of the molecule is Cc1ccc(OCC(=O)NNC(=O)C(C)Oc2ccccc2F)cc1C. The fraction of sp³-hybridized carbons (Fsp3) is 0.263. The molecule has 1 atom stereocenters. The number of aryl methyl sites for hydroxylation is 2. The minimum absolute atomic E-state index is 0.0421. The predicted molar refractivity (Wildman–Crippen MR) is 94.2 cm³/mol. The van der Waals surface area contributed by atoms with Gasteiger partial charge in [-0.25, -0.2) is 4.39 Å². The van der Waals surface area contributed by atoms with Gasteiger partial charge in [0.05, 0.1) is 0 Å². The third-order valence-corrected chi connectivity index (χ3v) is 3.68. The number of para-hydroxylation sites is 1. The minimum atomic E-state index is -0.993. The van der Waals surface area contributed by atoms with Crippen LogP contribution in [0, 0.1) is 19.7 Å². The summed E-state index contributed by atoms with van der Waals surface area (Å²) in [5.74, 6) is -1.20. The van der Waals surface area contributed by atoms with Gasteiger partial charge in [-0.3, -0.25) is 20.4 Å². The van der Waals surface area contributed by atoms with Crippen molar-refractivity contribution in [3.05, 3.63) is 59.4 Å². The molecule has 0 heterocycles. The first-order valence-corrected chi connectivity index (χ1v) is 8.06. The summed E-state index contributed by atoms with van der Waals surface area (Å²) in [6.45, 7) is 5.11. The molecule has 2 N–H and O–H groups in total. The van der Waals surface area contributed by atoms with Crippen molar-refractivity contribution in [2.75, 3.05) is 6.61 Å². The van der Waals surface area contributed by atoms with Crippen LogP contribution in [0.25, 0.3) is 0 Å². The number of hydrogen-bond donors (Lipinski definition) is 2. The summed E-state index contributed by atoms with van der Waals surface area (Å²) < 4.78 is 24.1. The summed E-state index contributed by atoms with van der Waals surface area (Å²) in [5, 5.41) is 0. The molecule has 2 amide bonds. The predicted octanol–water partition coefficient (Wildman–Crippen LogP) is 2.44. The highest BCUT2D eigenvalue weighted by Crippen LogP contribution is 2.17. The lowest BCUT2D eigenvalue weighted by molar-refractivity contribution is -0.133. The molecule has 0 saturated heterocycles. The lowest BCUT2D eigenvalue weighted by Gasteiger charge is -2.15. The van der Waals surface area contributed by atoms with Crippen LogP contribution in [0.15, 0.2) is 42.5 Å². The van der Waals surface area contributed by atoms with Gasteiger partial charge in [-0.05, 0) is 56.2 Å². The second kappa shape index (κ2) is 8.84. The van der Waals surface area contributed by atoms with Crippen molar-refractivity contribution in [2.45, 2.75) is 26.9 Å². The molecule has 0 radical (unpaired) electrons. The molecule has 0 aliphatic heterocycles. The van der Waals surface area contributed by atoms with Crippen LogP contribution < -0.4 is 20.3 Å². The number of benzene rings is 2. The van der Waals surface area contributed by atoms with Crippen molar-refractivity contribution in [3.63, 3.8) is 0 Å². The van der Waals surface area contributed by atoms with Gasteiger partial charge in [0.15, 0.2) is 24.3 Å². The van der Waals surface area contributed by atoms with Gasteiger partial charge in [-0.2, -0.15) is 0 Å². The van der Waals surface area contributed by atoms with Crippen LogP contribution in [0.4, 0.5) is 4.39 Å². The molecule has 138 valence electrons. The van der Waals surface area contributed by atoms with Gasteiger partial charge < -0.3 is 9.47 Å². The second-order valence-electron chi connectivity index (χ2n) is 5.76. The highest BCUT2D eigenvalue weighted by atomic mass is 19.1. The molecule has 0 spiro atoms. The van der Waals surface area contributed by atoms with Crippen LogP contribution in [0.2, 0.25) is 0 Å². The largest absolute Gasteiger partial charge is 0.484 e. The van der Waals surface area contributed by atoms with Gasteiger partial charge >= 0.3 is 0 Å². The number of nitrogens with one attached hydrogen (secondary N) is 2. The summed E-state index contributed by atoms with van der Waals surface area (Å²) in [4.78, 5) is 23.7. The van der Waals surface area contributed by atoms with E-state index in [2.05, 4.69) is 10.9 Å². The molecule has 0 aromatic heterocycles. The van der Waals surface area contributed by atoms with Crippen LogP contribution in [0.3, 0.4) is 0 Å². The maximum atomic E-state index is 13.5. The van der Waals surface area contributed by atoms with Crippen molar-refractivity contribution < 1.29 is 23.5 Å². The third kappa shape index (κ3) is 5.47. The van der Waals surface area contributed by atoms with Gasteiger partial charge in [-0.1, -0.05) is 18.2 Å². The fourth-order valence-electron chi connectivity index (χ4n) is 2.01. The molecule has 0 aliphatic rings. The molecule has 0 aliphatic carbocycles. The summed E-state index contributed by atoms with van der Waals surface area (Å²) in [5.41, 5.74) is 6.61. The van der Waals surface area contributed by atoms with Crippen LogP contribution in [0.5, 0.6) is 11.5 Å².